The first-order valence-electron chi connectivity index (χ1n) is 9.18. The molecule has 31 heavy (non-hydrogen) atoms. The number of hydrogen-bond acceptors (Lipinski definition) is 4. The maximum atomic E-state index is 13.4. The maximum Gasteiger partial charge on any atom is 0.422 e. The minimum absolute atomic E-state index is 0.135. The molecule has 158 valence electrons. The average Bonchev–Trinajstić information content (AvgIpc) is 2.73. The number of benzene rings is 2. The Morgan fingerprint density at radius 1 is 1.00 bits per heavy atom. The molecule has 0 N–H and O–H groups in total. The van der Waals surface area contributed by atoms with Crippen LogP contribution in [0.3, 0.4) is 0 Å². The van der Waals surface area contributed by atoms with Gasteiger partial charge in [0.2, 0.25) is 5.88 Å². The van der Waals surface area contributed by atoms with Gasteiger partial charge in [0.1, 0.15) is 11.0 Å². The van der Waals surface area contributed by atoms with Crippen LogP contribution in [-0.2, 0) is 0 Å². The van der Waals surface area contributed by atoms with Crippen LogP contribution in [0, 0.1) is 6.92 Å². The summed E-state index contributed by atoms with van der Waals surface area (Å²) in [6.07, 6.45) is -4.51. The SMILES string of the molecule is Cc1ccc(-n2nc3ccc(OCC(F)(F)F)nc3c(-c3ccc(Cl)cc3)c2=O)cc1. The Labute approximate surface area is 179 Å². The molecule has 0 saturated heterocycles. The number of nitrogens with zero attached hydrogens (tertiary/aromatic N) is 3. The summed E-state index contributed by atoms with van der Waals surface area (Å²) in [5.41, 5.74) is 2.23. The Morgan fingerprint density at radius 3 is 2.32 bits per heavy atom. The molecule has 2 aromatic heterocycles. The Morgan fingerprint density at radius 2 is 1.68 bits per heavy atom. The van der Waals surface area contributed by atoms with Crippen LogP contribution in [-0.4, -0.2) is 27.5 Å². The minimum atomic E-state index is -4.51. The zero-order valence-electron chi connectivity index (χ0n) is 16.2. The lowest BCUT2D eigenvalue weighted by molar-refractivity contribution is -0.154. The van der Waals surface area contributed by atoms with Crippen molar-refractivity contribution in [1.82, 2.24) is 14.8 Å². The molecule has 0 saturated carbocycles. The van der Waals surface area contributed by atoms with E-state index in [0.717, 1.165) is 5.56 Å². The summed E-state index contributed by atoms with van der Waals surface area (Å²) in [7, 11) is 0. The summed E-state index contributed by atoms with van der Waals surface area (Å²) in [6.45, 7) is 0.432. The van der Waals surface area contributed by atoms with Crippen LogP contribution in [0.4, 0.5) is 13.2 Å². The number of aromatic nitrogens is 3. The zero-order valence-corrected chi connectivity index (χ0v) is 16.9. The van der Waals surface area contributed by atoms with Crippen LogP contribution in [0.1, 0.15) is 5.56 Å². The fourth-order valence-corrected chi connectivity index (χ4v) is 3.16. The Balaban J connectivity index is 1.94. The lowest BCUT2D eigenvalue weighted by Gasteiger charge is -2.13. The van der Waals surface area contributed by atoms with E-state index in [1.54, 1.807) is 36.4 Å². The molecular formula is C22H15ClF3N3O2. The first-order valence-corrected chi connectivity index (χ1v) is 9.56. The van der Waals surface area contributed by atoms with E-state index in [4.69, 9.17) is 16.3 Å². The standard InChI is InChI=1S/C22H15ClF3N3O2/c1-13-2-8-16(9-3-13)29-21(30)19(14-4-6-15(23)7-5-14)20-17(28-29)10-11-18(27-20)31-12-22(24,25)26/h2-11H,12H2,1H3. The molecular weight excluding hydrogens is 431 g/mol. The smallest absolute Gasteiger partial charge is 0.422 e. The molecule has 2 heterocycles. The van der Waals surface area contributed by atoms with E-state index in [1.165, 1.54) is 16.8 Å². The van der Waals surface area contributed by atoms with Gasteiger partial charge in [0.15, 0.2) is 6.61 Å². The van der Waals surface area contributed by atoms with Crippen molar-refractivity contribution in [2.75, 3.05) is 6.61 Å². The average molecular weight is 446 g/mol. The van der Waals surface area contributed by atoms with Gasteiger partial charge in [0, 0.05) is 11.1 Å². The van der Waals surface area contributed by atoms with Crippen molar-refractivity contribution in [3.8, 4) is 22.7 Å². The highest BCUT2D eigenvalue weighted by molar-refractivity contribution is 6.30. The molecule has 0 unspecified atom stereocenters. The normalized spacial score (nSPS) is 11.6. The summed E-state index contributed by atoms with van der Waals surface area (Å²) in [6, 6.07) is 16.5. The summed E-state index contributed by atoms with van der Waals surface area (Å²) in [5, 5.41) is 4.84. The van der Waals surface area contributed by atoms with Gasteiger partial charge in [-0.1, -0.05) is 41.4 Å². The van der Waals surface area contributed by atoms with Crippen molar-refractivity contribution >= 4 is 22.6 Å². The number of aryl methyl sites for hydroxylation is 1. The van der Waals surface area contributed by atoms with E-state index in [1.807, 2.05) is 19.1 Å². The third-order valence-electron chi connectivity index (χ3n) is 4.49. The molecule has 0 spiro atoms. The number of alkyl halides is 3. The number of hydrogen-bond donors (Lipinski definition) is 0. The molecule has 5 nitrogen and oxygen atoms in total. The minimum Gasteiger partial charge on any atom is -0.468 e. The monoisotopic (exact) mass is 445 g/mol. The molecule has 2 aromatic carbocycles. The second-order valence-electron chi connectivity index (χ2n) is 6.86. The number of halogens is 4. The summed E-state index contributed by atoms with van der Waals surface area (Å²) in [4.78, 5) is 17.5. The van der Waals surface area contributed by atoms with E-state index in [0.29, 0.717) is 21.8 Å². The van der Waals surface area contributed by atoms with Crippen molar-refractivity contribution in [3.63, 3.8) is 0 Å². The molecule has 0 amide bonds. The number of ether oxygens (including phenoxy) is 1. The quantitative estimate of drug-likeness (QED) is 0.425. The van der Waals surface area contributed by atoms with Crippen molar-refractivity contribution in [3.05, 3.63) is 81.6 Å². The molecule has 0 aliphatic rings. The van der Waals surface area contributed by atoms with Crippen molar-refractivity contribution in [2.24, 2.45) is 0 Å². The van der Waals surface area contributed by atoms with Gasteiger partial charge in [0.25, 0.3) is 5.56 Å². The fourth-order valence-electron chi connectivity index (χ4n) is 3.03. The molecule has 9 heteroatoms. The van der Waals surface area contributed by atoms with Crippen LogP contribution in [0.5, 0.6) is 5.88 Å². The van der Waals surface area contributed by atoms with Gasteiger partial charge in [-0.15, -0.1) is 0 Å². The van der Waals surface area contributed by atoms with E-state index in [-0.39, 0.29) is 17.0 Å². The van der Waals surface area contributed by atoms with E-state index in [9.17, 15) is 18.0 Å². The first-order chi connectivity index (χ1) is 14.7. The van der Waals surface area contributed by atoms with Gasteiger partial charge >= 0.3 is 6.18 Å². The van der Waals surface area contributed by atoms with Crippen LogP contribution >= 0.6 is 11.6 Å². The van der Waals surface area contributed by atoms with Crippen LogP contribution in [0.2, 0.25) is 5.02 Å². The topological polar surface area (TPSA) is 57.0 Å². The fraction of sp³-hybridized carbons (Fsp3) is 0.136. The zero-order chi connectivity index (χ0) is 22.2. The molecule has 0 aliphatic heterocycles. The second kappa shape index (κ2) is 8.03. The van der Waals surface area contributed by atoms with Crippen molar-refractivity contribution in [2.45, 2.75) is 13.1 Å². The van der Waals surface area contributed by atoms with E-state index >= 15 is 0 Å². The summed E-state index contributed by atoms with van der Waals surface area (Å²) < 4.78 is 43.6. The van der Waals surface area contributed by atoms with E-state index < -0.39 is 18.3 Å². The highest BCUT2D eigenvalue weighted by Gasteiger charge is 2.29. The first kappa shape index (κ1) is 20.9. The lowest BCUT2D eigenvalue weighted by Crippen LogP contribution is -2.24. The molecule has 0 radical (unpaired) electrons. The van der Waals surface area contributed by atoms with Gasteiger partial charge in [0.05, 0.1) is 11.3 Å². The van der Waals surface area contributed by atoms with Crippen LogP contribution in [0.15, 0.2) is 65.5 Å². The third kappa shape index (κ3) is 4.54. The van der Waals surface area contributed by atoms with Gasteiger partial charge in [-0.05, 0) is 42.8 Å². The number of fused-ring (bicyclic) bond motifs is 1. The molecule has 0 bridgehead atoms. The second-order valence-corrected chi connectivity index (χ2v) is 7.29. The molecule has 4 rings (SSSR count). The Kier molecular flexibility index (Phi) is 5.41. The largest absolute Gasteiger partial charge is 0.468 e. The predicted molar refractivity (Wildman–Crippen MR) is 112 cm³/mol. The predicted octanol–water partition coefficient (Wildman–Crippen LogP) is 5.35. The van der Waals surface area contributed by atoms with Crippen molar-refractivity contribution in [1.29, 1.82) is 0 Å². The number of pyridine rings is 1. The number of rotatable bonds is 4. The van der Waals surface area contributed by atoms with Gasteiger partial charge < -0.3 is 4.74 Å². The van der Waals surface area contributed by atoms with Gasteiger partial charge in [-0.3, -0.25) is 4.79 Å². The Hall–Kier alpha value is -3.39. The maximum absolute atomic E-state index is 13.4. The summed E-state index contributed by atoms with van der Waals surface area (Å²) >= 11 is 5.97. The molecule has 4 aromatic rings. The molecule has 0 atom stereocenters. The highest BCUT2D eigenvalue weighted by atomic mass is 35.5. The van der Waals surface area contributed by atoms with Crippen LogP contribution < -0.4 is 10.3 Å². The third-order valence-corrected chi connectivity index (χ3v) is 4.75. The molecule has 0 fully saturated rings. The van der Waals surface area contributed by atoms with Gasteiger partial charge in [-0.25, -0.2) is 4.98 Å². The lowest BCUT2D eigenvalue weighted by atomic mass is 10.1. The van der Waals surface area contributed by atoms with Gasteiger partial charge in [-0.2, -0.15) is 23.0 Å². The molecule has 0 aliphatic carbocycles. The summed E-state index contributed by atoms with van der Waals surface area (Å²) in [5.74, 6) is -0.255. The Bertz CT molecular complexity index is 1300. The highest BCUT2D eigenvalue weighted by Crippen LogP contribution is 2.27. The van der Waals surface area contributed by atoms with Crippen LogP contribution in [0.25, 0.3) is 27.8 Å². The van der Waals surface area contributed by atoms with E-state index in [2.05, 4.69) is 10.1 Å². The van der Waals surface area contributed by atoms with Crippen molar-refractivity contribution < 1.29 is 17.9 Å².